The lowest BCUT2D eigenvalue weighted by molar-refractivity contribution is -0.137. The Bertz CT molecular complexity index is 955. The molecular formula is C25H38N8O2. The van der Waals surface area contributed by atoms with E-state index in [0.717, 1.165) is 31.6 Å². The third-order valence-corrected chi connectivity index (χ3v) is 6.75. The van der Waals surface area contributed by atoms with E-state index < -0.39 is 5.54 Å². The minimum Gasteiger partial charge on any atom is -0.338 e. The molecule has 3 aliphatic rings. The number of piperazine rings is 1. The van der Waals surface area contributed by atoms with E-state index in [9.17, 15) is 9.59 Å². The molecule has 0 aromatic heterocycles. The van der Waals surface area contributed by atoms with Crippen LogP contribution in [0.1, 0.15) is 32.3 Å². The molecule has 35 heavy (non-hydrogen) atoms. The van der Waals surface area contributed by atoms with Crippen LogP contribution >= 0.6 is 0 Å². The summed E-state index contributed by atoms with van der Waals surface area (Å²) >= 11 is 0. The number of aliphatic imine (C=N–C) groups is 1. The number of nitrogens with zero attached hydrogens (tertiary/aromatic N) is 4. The summed E-state index contributed by atoms with van der Waals surface area (Å²) in [6, 6.07) is 8.61. The number of hydrogen-bond donors (Lipinski definition) is 4. The number of rotatable bonds is 6. The molecule has 1 aliphatic carbocycles. The van der Waals surface area contributed by atoms with Gasteiger partial charge in [-0.05, 0) is 62.9 Å². The number of nitrogens with one attached hydrogen (secondary N) is 2. The highest BCUT2D eigenvalue weighted by Crippen LogP contribution is 2.24. The second-order valence-electron chi connectivity index (χ2n) is 10.3. The number of hydrogen-bond acceptors (Lipinski definition) is 7. The van der Waals surface area contributed by atoms with Crippen molar-refractivity contribution in [3.8, 4) is 0 Å². The minimum atomic E-state index is -0.903. The molecule has 0 bridgehead atoms. The number of urea groups is 1. The van der Waals surface area contributed by atoms with E-state index in [-0.39, 0.29) is 11.9 Å². The van der Waals surface area contributed by atoms with Crippen LogP contribution in [0.15, 0.2) is 41.5 Å². The number of carbonyl (C=O) groups excluding carboxylic acids is 2. The summed E-state index contributed by atoms with van der Waals surface area (Å²) in [5.41, 5.74) is 13.1. The topological polar surface area (TPSA) is 132 Å². The van der Waals surface area contributed by atoms with Crippen molar-refractivity contribution in [3.05, 3.63) is 42.1 Å². The number of anilines is 1. The Kier molecular flexibility index (Phi) is 7.73. The monoisotopic (exact) mass is 482 g/mol. The van der Waals surface area contributed by atoms with Gasteiger partial charge in [-0.3, -0.25) is 10.1 Å². The predicted molar refractivity (Wildman–Crippen MR) is 138 cm³/mol. The maximum atomic E-state index is 12.6. The molecule has 1 saturated carbocycles. The first-order valence-corrected chi connectivity index (χ1v) is 12.4. The zero-order valence-electron chi connectivity index (χ0n) is 20.7. The normalized spacial score (nSPS) is 22.5. The van der Waals surface area contributed by atoms with E-state index in [4.69, 9.17) is 11.5 Å². The molecule has 2 heterocycles. The molecule has 4 rings (SSSR count). The number of amidine groups is 1. The van der Waals surface area contributed by atoms with Gasteiger partial charge in [0.1, 0.15) is 12.5 Å². The van der Waals surface area contributed by atoms with Gasteiger partial charge >= 0.3 is 6.03 Å². The second kappa shape index (κ2) is 10.8. The molecule has 0 unspecified atom stereocenters. The van der Waals surface area contributed by atoms with Crippen LogP contribution in [-0.2, 0) is 11.3 Å². The fourth-order valence-electron chi connectivity index (χ4n) is 4.55. The molecule has 3 amide bonds. The average molecular weight is 483 g/mol. The molecule has 2 aliphatic heterocycles. The van der Waals surface area contributed by atoms with Crippen LogP contribution < -0.4 is 27.0 Å². The number of nitrogens with two attached hydrogens (primary N) is 2. The van der Waals surface area contributed by atoms with Gasteiger partial charge in [-0.1, -0.05) is 12.1 Å². The van der Waals surface area contributed by atoms with Gasteiger partial charge in [0, 0.05) is 50.7 Å². The standard InChI is InChI=1S/C25H38N8O2/c1-25(2,27)23(34)31-9-11-32(12-10-31)24(35)30-22-7-8-33(17-29-22)21-5-3-18(4-6-21)15-28-16-19-13-20(26)14-19/h3-8,19-20,28H,9-17,26-27H2,1-2H3,(H,29,30,35)/t19-,20+. The Labute approximate surface area is 207 Å². The Morgan fingerprint density at radius 3 is 2.31 bits per heavy atom. The van der Waals surface area contributed by atoms with Gasteiger partial charge < -0.3 is 31.5 Å². The fourth-order valence-corrected chi connectivity index (χ4v) is 4.55. The van der Waals surface area contributed by atoms with Gasteiger partial charge in [-0.2, -0.15) is 0 Å². The number of benzene rings is 1. The minimum absolute atomic E-state index is 0.0969. The quantitative estimate of drug-likeness (QED) is 0.474. The van der Waals surface area contributed by atoms with Crippen molar-refractivity contribution in [2.24, 2.45) is 22.4 Å². The summed E-state index contributed by atoms with van der Waals surface area (Å²) in [5, 5.41) is 6.38. The maximum Gasteiger partial charge on any atom is 0.323 e. The zero-order chi connectivity index (χ0) is 25.0. The highest BCUT2D eigenvalue weighted by Gasteiger charge is 2.31. The lowest BCUT2D eigenvalue weighted by Gasteiger charge is -2.37. The van der Waals surface area contributed by atoms with E-state index in [2.05, 4.69) is 39.9 Å². The number of carbonyl (C=O) groups is 2. The third-order valence-electron chi connectivity index (χ3n) is 6.75. The highest BCUT2D eigenvalue weighted by atomic mass is 16.2. The van der Waals surface area contributed by atoms with Gasteiger partial charge in [0.25, 0.3) is 0 Å². The van der Waals surface area contributed by atoms with Gasteiger partial charge in [-0.25, -0.2) is 9.79 Å². The van der Waals surface area contributed by atoms with Crippen molar-refractivity contribution < 1.29 is 9.59 Å². The van der Waals surface area contributed by atoms with E-state index in [1.54, 1.807) is 29.7 Å². The summed E-state index contributed by atoms with van der Waals surface area (Å²) < 4.78 is 0. The fraction of sp³-hybridized carbons (Fsp3) is 0.560. The van der Waals surface area contributed by atoms with Crippen LogP contribution in [0.2, 0.25) is 0 Å². The molecule has 0 radical (unpaired) electrons. The van der Waals surface area contributed by atoms with Gasteiger partial charge in [0.05, 0.1) is 5.54 Å². The third kappa shape index (κ3) is 6.59. The highest BCUT2D eigenvalue weighted by molar-refractivity contribution is 6.04. The molecule has 1 aromatic rings. The summed E-state index contributed by atoms with van der Waals surface area (Å²) in [5.74, 6) is 1.15. The molecule has 190 valence electrons. The lowest BCUT2D eigenvalue weighted by atomic mass is 9.81. The van der Waals surface area contributed by atoms with Crippen LogP contribution in [0.5, 0.6) is 0 Å². The maximum absolute atomic E-state index is 12.6. The summed E-state index contributed by atoms with van der Waals surface area (Å²) in [4.78, 5) is 34.9. The summed E-state index contributed by atoms with van der Waals surface area (Å²) in [6.07, 6.45) is 5.98. The van der Waals surface area contributed by atoms with Crippen molar-refractivity contribution in [2.45, 2.75) is 44.8 Å². The first kappa shape index (κ1) is 25.2. The molecule has 0 spiro atoms. The first-order chi connectivity index (χ1) is 16.7. The van der Waals surface area contributed by atoms with E-state index >= 15 is 0 Å². The molecule has 0 atom stereocenters. The Hall–Kier alpha value is -2.95. The molecule has 1 saturated heterocycles. The van der Waals surface area contributed by atoms with E-state index in [1.807, 2.05) is 11.1 Å². The van der Waals surface area contributed by atoms with Crippen molar-refractivity contribution in [1.82, 2.24) is 20.4 Å². The number of amides is 3. The van der Waals surface area contributed by atoms with Crippen molar-refractivity contribution in [1.29, 1.82) is 0 Å². The Balaban J connectivity index is 1.19. The Morgan fingerprint density at radius 2 is 1.74 bits per heavy atom. The average Bonchev–Trinajstić information content (AvgIpc) is 2.83. The van der Waals surface area contributed by atoms with Crippen molar-refractivity contribution in [2.75, 3.05) is 44.3 Å². The van der Waals surface area contributed by atoms with E-state index in [1.165, 1.54) is 5.56 Å². The molecule has 2 fully saturated rings. The summed E-state index contributed by atoms with van der Waals surface area (Å²) in [7, 11) is 0. The van der Waals surface area contributed by atoms with Crippen molar-refractivity contribution in [3.63, 3.8) is 0 Å². The predicted octanol–water partition coefficient (Wildman–Crippen LogP) is 0.794. The second-order valence-corrected chi connectivity index (χ2v) is 10.3. The first-order valence-electron chi connectivity index (χ1n) is 12.4. The molecular weight excluding hydrogens is 444 g/mol. The SMILES string of the molecule is CC(C)(N)C(=O)N1CCN(C(=O)NC2=NCN(c3ccc(CNC[C@H]4C[C@@H](N)C4)cc3)C=C2)CC1. The van der Waals surface area contributed by atoms with Crippen LogP contribution in [0.4, 0.5) is 10.5 Å². The van der Waals surface area contributed by atoms with E-state index in [0.29, 0.717) is 50.6 Å². The van der Waals surface area contributed by atoms with Gasteiger partial charge in [0.15, 0.2) is 0 Å². The Morgan fingerprint density at radius 1 is 1.09 bits per heavy atom. The molecule has 10 heteroatoms. The van der Waals surface area contributed by atoms with Crippen molar-refractivity contribution >= 4 is 23.5 Å². The molecule has 10 nitrogen and oxygen atoms in total. The summed E-state index contributed by atoms with van der Waals surface area (Å²) in [6.45, 7) is 7.58. The lowest BCUT2D eigenvalue weighted by Crippen LogP contribution is -2.59. The van der Waals surface area contributed by atoms with Crippen LogP contribution in [-0.4, -0.2) is 78.5 Å². The molecule has 1 aromatic carbocycles. The van der Waals surface area contributed by atoms with Crippen LogP contribution in [0.25, 0.3) is 0 Å². The van der Waals surface area contributed by atoms with Gasteiger partial charge in [-0.15, -0.1) is 0 Å². The zero-order valence-corrected chi connectivity index (χ0v) is 20.7. The van der Waals surface area contributed by atoms with Gasteiger partial charge in [0.2, 0.25) is 5.91 Å². The largest absolute Gasteiger partial charge is 0.338 e. The van der Waals surface area contributed by atoms with Crippen LogP contribution in [0, 0.1) is 5.92 Å². The smallest absolute Gasteiger partial charge is 0.323 e. The molecule has 6 N–H and O–H groups in total. The van der Waals surface area contributed by atoms with Crippen LogP contribution in [0.3, 0.4) is 0 Å².